The van der Waals surface area contributed by atoms with E-state index in [2.05, 4.69) is 15.3 Å². The lowest BCUT2D eigenvalue weighted by molar-refractivity contribution is -0.140. The number of hydrogen-bond acceptors (Lipinski definition) is 5. The van der Waals surface area contributed by atoms with Crippen molar-refractivity contribution < 1.29 is 22.7 Å². The van der Waals surface area contributed by atoms with E-state index in [1.807, 2.05) is 24.3 Å². The van der Waals surface area contributed by atoms with Crippen LogP contribution in [0.15, 0.2) is 48.5 Å². The Kier molecular flexibility index (Phi) is 6.16. The van der Waals surface area contributed by atoms with Crippen LogP contribution in [0, 0.1) is 5.92 Å². The number of nitrogens with one attached hydrogen (secondary N) is 1. The van der Waals surface area contributed by atoms with Crippen molar-refractivity contribution in [1.29, 1.82) is 0 Å². The van der Waals surface area contributed by atoms with Gasteiger partial charge in [-0.2, -0.15) is 13.2 Å². The second kappa shape index (κ2) is 9.02. The maximum atomic E-state index is 13.7. The van der Waals surface area contributed by atoms with E-state index >= 15 is 0 Å². The first kappa shape index (κ1) is 21.9. The molecule has 0 unspecified atom stereocenters. The number of rotatable bonds is 5. The standard InChI is InChI=1S/C23H23F3N4O2/c1-32-19-9-5-2-6-16(19)14-27-22(31)15-10-12-30(13-11-15)21-20(23(24,25)26)28-17-7-3-4-8-18(17)29-21/h2-9,15H,10-14H2,1H3,(H,27,31). The lowest BCUT2D eigenvalue weighted by atomic mass is 9.95. The number of para-hydroxylation sites is 3. The van der Waals surface area contributed by atoms with E-state index in [4.69, 9.17) is 4.74 Å². The number of methoxy groups -OCH3 is 1. The fourth-order valence-corrected chi connectivity index (χ4v) is 3.93. The van der Waals surface area contributed by atoms with Crippen LogP contribution in [0.5, 0.6) is 5.75 Å². The molecule has 3 aromatic rings. The van der Waals surface area contributed by atoms with Crippen LogP contribution in [-0.2, 0) is 17.5 Å². The van der Waals surface area contributed by atoms with E-state index in [1.165, 1.54) is 6.07 Å². The number of ether oxygens (including phenoxy) is 1. The van der Waals surface area contributed by atoms with Gasteiger partial charge in [0.25, 0.3) is 0 Å². The molecule has 4 rings (SSSR count). The van der Waals surface area contributed by atoms with Gasteiger partial charge in [0.15, 0.2) is 11.5 Å². The molecule has 1 fully saturated rings. The molecule has 0 radical (unpaired) electrons. The molecular weight excluding hydrogens is 421 g/mol. The molecule has 1 saturated heterocycles. The normalized spacial score (nSPS) is 15.1. The van der Waals surface area contributed by atoms with Crippen molar-refractivity contribution in [3.8, 4) is 5.75 Å². The number of benzene rings is 2. The average molecular weight is 444 g/mol. The zero-order valence-electron chi connectivity index (χ0n) is 17.5. The molecule has 0 saturated carbocycles. The van der Waals surface area contributed by atoms with Crippen molar-refractivity contribution in [2.75, 3.05) is 25.1 Å². The summed E-state index contributed by atoms with van der Waals surface area (Å²) < 4.78 is 46.3. The van der Waals surface area contributed by atoms with Gasteiger partial charge in [-0.25, -0.2) is 9.97 Å². The van der Waals surface area contributed by atoms with Crippen molar-refractivity contribution in [3.05, 3.63) is 59.8 Å². The number of aromatic nitrogens is 2. The first-order valence-electron chi connectivity index (χ1n) is 10.4. The summed E-state index contributed by atoms with van der Waals surface area (Å²) in [6.45, 7) is 0.920. The molecule has 2 aromatic carbocycles. The van der Waals surface area contributed by atoms with Crippen LogP contribution in [-0.4, -0.2) is 36.1 Å². The third-order valence-corrected chi connectivity index (χ3v) is 5.63. The lowest BCUT2D eigenvalue weighted by Crippen LogP contribution is -2.41. The van der Waals surface area contributed by atoms with E-state index in [-0.39, 0.29) is 23.2 Å². The second-order valence-electron chi connectivity index (χ2n) is 7.67. The van der Waals surface area contributed by atoms with Crippen molar-refractivity contribution in [1.82, 2.24) is 15.3 Å². The number of amides is 1. The monoisotopic (exact) mass is 444 g/mol. The fraction of sp³-hybridized carbons (Fsp3) is 0.348. The van der Waals surface area contributed by atoms with Gasteiger partial charge in [-0.05, 0) is 31.0 Å². The molecule has 9 heteroatoms. The molecule has 1 aromatic heterocycles. The highest BCUT2D eigenvalue weighted by atomic mass is 19.4. The molecule has 0 atom stereocenters. The smallest absolute Gasteiger partial charge is 0.437 e. The molecule has 32 heavy (non-hydrogen) atoms. The molecule has 0 bridgehead atoms. The summed E-state index contributed by atoms with van der Waals surface area (Å²) in [5, 5.41) is 2.91. The van der Waals surface area contributed by atoms with Crippen molar-refractivity contribution in [3.63, 3.8) is 0 Å². The predicted octanol–water partition coefficient (Wildman–Crippen LogP) is 4.19. The summed E-state index contributed by atoms with van der Waals surface area (Å²) in [6, 6.07) is 13.9. The first-order chi connectivity index (χ1) is 15.4. The number of halogens is 3. The van der Waals surface area contributed by atoms with Gasteiger partial charge >= 0.3 is 6.18 Å². The minimum absolute atomic E-state index is 0.115. The van der Waals surface area contributed by atoms with Gasteiger partial charge in [-0.15, -0.1) is 0 Å². The first-order valence-corrected chi connectivity index (χ1v) is 10.4. The van der Waals surface area contributed by atoms with E-state index in [0.717, 1.165) is 5.56 Å². The number of carbonyl (C=O) groups is 1. The number of fused-ring (bicyclic) bond motifs is 1. The molecule has 1 aliphatic rings. The van der Waals surface area contributed by atoms with Crippen LogP contribution in [0.2, 0.25) is 0 Å². The number of nitrogens with zero attached hydrogens (tertiary/aromatic N) is 3. The highest BCUT2D eigenvalue weighted by Gasteiger charge is 2.39. The molecule has 2 heterocycles. The van der Waals surface area contributed by atoms with Crippen molar-refractivity contribution in [2.45, 2.75) is 25.6 Å². The van der Waals surface area contributed by atoms with Crippen molar-refractivity contribution in [2.24, 2.45) is 5.92 Å². The third kappa shape index (κ3) is 4.61. The van der Waals surface area contributed by atoms with Gasteiger partial charge in [-0.3, -0.25) is 4.79 Å². The van der Waals surface area contributed by atoms with E-state index < -0.39 is 11.9 Å². The highest BCUT2D eigenvalue weighted by molar-refractivity contribution is 5.79. The summed E-state index contributed by atoms with van der Waals surface area (Å²) >= 11 is 0. The van der Waals surface area contributed by atoms with Gasteiger partial charge < -0.3 is 15.0 Å². The summed E-state index contributed by atoms with van der Waals surface area (Å²) in [5.41, 5.74) is 0.485. The Balaban J connectivity index is 1.44. The summed E-state index contributed by atoms with van der Waals surface area (Å²) in [4.78, 5) is 22.3. The van der Waals surface area contributed by atoms with Gasteiger partial charge in [-0.1, -0.05) is 30.3 Å². The molecule has 0 aliphatic carbocycles. The zero-order chi connectivity index (χ0) is 22.7. The van der Waals surface area contributed by atoms with Crippen LogP contribution in [0.25, 0.3) is 11.0 Å². The zero-order valence-corrected chi connectivity index (χ0v) is 17.5. The van der Waals surface area contributed by atoms with Gasteiger partial charge in [0, 0.05) is 31.1 Å². The third-order valence-electron chi connectivity index (χ3n) is 5.63. The quantitative estimate of drug-likeness (QED) is 0.639. The molecule has 1 N–H and O–H groups in total. The number of alkyl halides is 3. The molecule has 0 spiro atoms. The lowest BCUT2D eigenvalue weighted by Gasteiger charge is -2.33. The second-order valence-corrected chi connectivity index (χ2v) is 7.67. The summed E-state index contributed by atoms with van der Waals surface area (Å²) in [5.74, 6) is 0.126. The minimum atomic E-state index is -4.62. The Morgan fingerprint density at radius 3 is 2.34 bits per heavy atom. The number of hydrogen-bond donors (Lipinski definition) is 1. The van der Waals surface area contributed by atoms with Gasteiger partial charge in [0.1, 0.15) is 5.75 Å². The maximum Gasteiger partial charge on any atom is 0.437 e. The summed E-state index contributed by atoms with van der Waals surface area (Å²) in [7, 11) is 1.57. The topological polar surface area (TPSA) is 67.3 Å². The predicted molar refractivity (Wildman–Crippen MR) is 114 cm³/mol. The van der Waals surface area contributed by atoms with Crippen LogP contribution >= 0.6 is 0 Å². The highest BCUT2D eigenvalue weighted by Crippen LogP contribution is 2.36. The maximum absolute atomic E-state index is 13.7. The van der Waals surface area contributed by atoms with Crippen LogP contribution in [0.3, 0.4) is 0 Å². The van der Waals surface area contributed by atoms with Crippen LogP contribution < -0.4 is 15.0 Å². The van der Waals surface area contributed by atoms with Gasteiger partial charge in [0.05, 0.1) is 18.1 Å². The number of carbonyl (C=O) groups excluding carboxylic acids is 1. The molecule has 6 nitrogen and oxygen atoms in total. The number of piperidine rings is 1. The van der Waals surface area contributed by atoms with Crippen LogP contribution in [0.1, 0.15) is 24.1 Å². The van der Waals surface area contributed by atoms with E-state index in [0.29, 0.717) is 43.7 Å². The van der Waals surface area contributed by atoms with Gasteiger partial charge in [0.2, 0.25) is 5.91 Å². The Bertz CT molecular complexity index is 1110. The SMILES string of the molecule is COc1ccccc1CNC(=O)C1CCN(c2nc3ccccc3nc2C(F)(F)F)CC1. The number of anilines is 1. The molecule has 1 aliphatic heterocycles. The Hall–Kier alpha value is -3.36. The minimum Gasteiger partial charge on any atom is -0.496 e. The van der Waals surface area contributed by atoms with E-state index in [9.17, 15) is 18.0 Å². The van der Waals surface area contributed by atoms with Crippen LogP contribution in [0.4, 0.5) is 19.0 Å². The Labute approximate surface area is 183 Å². The average Bonchev–Trinajstić information content (AvgIpc) is 2.81. The largest absolute Gasteiger partial charge is 0.496 e. The van der Waals surface area contributed by atoms with E-state index in [1.54, 1.807) is 30.2 Å². The fourth-order valence-electron chi connectivity index (χ4n) is 3.93. The molecular formula is C23H23F3N4O2. The molecule has 1 amide bonds. The molecule has 168 valence electrons. The van der Waals surface area contributed by atoms with Crippen molar-refractivity contribution >= 4 is 22.8 Å². The Morgan fingerprint density at radius 2 is 1.69 bits per heavy atom. The Morgan fingerprint density at radius 1 is 1.06 bits per heavy atom. The summed E-state index contributed by atoms with van der Waals surface area (Å²) in [6.07, 6.45) is -3.75.